The molecule has 4 heteroatoms. The molecule has 0 aromatic carbocycles. The van der Waals surface area contributed by atoms with E-state index >= 15 is 0 Å². The zero-order valence-corrected chi connectivity index (χ0v) is 11.7. The first-order chi connectivity index (χ1) is 7.27. The Balaban J connectivity index is 1.91. The first kappa shape index (κ1) is 12.0. The molecule has 15 heavy (non-hydrogen) atoms. The van der Waals surface area contributed by atoms with Crippen molar-refractivity contribution in [2.45, 2.75) is 25.4 Å². The summed E-state index contributed by atoms with van der Waals surface area (Å²) >= 11 is 7.16. The highest BCUT2D eigenvalue weighted by Gasteiger charge is 2.20. The molecule has 1 aromatic rings. The molecule has 0 amide bonds. The van der Waals surface area contributed by atoms with Crippen LogP contribution in [0.3, 0.4) is 0 Å². The quantitative estimate of drug-likeness (QED) is 0.908. The van der Waals surface area contributed by atoms with Crippen molar-refractivity contribution in [2.24, 2.45) is 5.92 Å². The monoisotopic (exact) mass is 306 g/mol. The van der Waals surface area contributed by atoms with E-state index in [1.54, 1.807) is 11.3 Å². The maximum absolute atomic E-state index is 10.1. The van der Waals surface area contributed by atoms with Crippen molar-refractivity contribution in [3.05, 3.63) is 20.8 Å². The van der Waals surface area contributed by atoms with Crippen LogP contribution < -0.4 is 0 Å². The molecule has 2 rings (SSSR count). The van der Waals surface area contributed by atoms with Gasteiger partial charge in [-0.15, -0.1) is 11.3 Å². The highest BCUT2D eigenvalue weighted by Crippen LogP contribution is 2.35. The van der Waals surface area contributed by atoms with Crippen LogP contribution in [0.15, 0.2) is 15.9 Å². The van der Waals surface area contributed by atoms with E-state index < -0.39 is 0 Å². The number of hydrogen-bond acceptors (Lipinski definition) is 3. The molecule has 1 aliphatic rings. The predicted octanol–water partition coefficient (Wildman–Crippen LogP) is 4.08. The van der Waals surface area contributed by atoms with Gasteiger partial charge in [-0.2, -0.15) is 11.8 Å². The minimum Gasteiger partial charge on any atom is -0.388 e. The summed E-state index contributed by atoms with van der Waals surface area (Å²) in [6.07, 6.45) is 3.20. The van der Waals surface area contributed by atoms with E-state index in [-0.39, 0.29) is 6.10 Å². The summed E-state index contributed by atoms with van der Waals surface area (Å²) in [5, 5.41) is 12.1. The number of aliphatic hydroxyl groups excluding tert-OH is 1. The maximum atomic E-state index is 10.1. The molecule has 1 atom stereocenters. The van der Waals surface area contributed by atoms with Gasteiger partial charge < -0.3 is 5.11 Å². The first-order valence-electron chi connectivity index (χ1n) is 5.26. The highest BCUT2D eigenvalue weighted by atomic mass is 79.9. The average molecular weight is 307 g/mol. The molecule has 1 unspecified atom stereocenters. The topological polar surface area (TPSA) is 20.2 Å². The van der Waals surface area contributed by atoms with Gasteiger partial charge in [0.1, 0.15) is 0 Å². The van der Waals surface area contributed by atoms with Gasteiger partial charge in [0, 0.05) is 9.35 Å². The van der Waals surface area contributed by atoms with Crippen LogP contribution in [0.5, 0.6) is 0 Å². The smallest absolute Gasteiger partial charge is 0.0896 e. The van der Waals surface area contributed by atoms with Crippen molar-refractivity contribution in [2.75, 3.05) is 11.5 Å². The van der Waals surface area contributed by atoms with Crippen LogP contribution in [0.4, 0.5) is 0 Å². The van der Waals surface area contributed by atoms with E-state index in [1.807, 2.05) is 23.2 Å². The Morgan fingerprint density at radius 1 is 1.47 bits per heavy atom. The van der Waals surface area contributed by atoms with Gasteiger partial charge in [-0.1, -0.05) is 0 Å². The lowest BCUT2D eigenvalue weighted by molar-refractivity contribution is 0.144. The van der Waals surface area contributed by atoms with Crippen LogP contribution in [0, 0.1) is 5.92 Å². The fraction of sp³-hybridized carbons (Fsp3) is 0.636. The summed E-state index contributed by atoms with van der Waals surface area (Å²) in [6.45, 7) is 0. The second-order valence-corrected chi connectivity index (χ2v) is 6.97. The predicted molar refractivity (Wildman–Crippen MR) is 71.6 cm³/mol. The Labute approximate surface area is 107 Å². The second-order valence-electron chi connectivity index (χ2n) is 3.94. The molecule has 1 aliphatic heterocycles. The van der Waals surface area contributed by atoms with E-state index in [2.05, 4.69) is 15.9 Å². The SMILES string of the molecule is OC(CC1CCSCC1)c1sccc1Br. The van der Waals surface area contributed by atoms with Crippen molar-refractivity contribution in [3.63, 3.8) is 0 Å². The molecule has 0 spiro atoms. The van der Waals surface area contributed by atoms with Crippen LogP contribution >= 0.6 is 39.0 Å². The van der Waals surface area contributed by atoms with E-state index in [1.165, 1.54) is 24.3 Å². The number of rotatable bonds is 3. The molecule has 1 nitrogen and oxygen atoms in total. The summed E-state index contributed by atoms with van der Waals surface area (Å²) in [5.41, 5.74) is 0. The normalized spacial score (nSPS) is 20.4. The summed E-state index contributed by atoms with van der Waals surface area (Å²) in [7, 11) is 0. The lowest BCUT2D eigenvalue weighted by Crippen LogP contribution is -2.13. The van der Waals surface area contributed by atoms with E-state index in [0.29, 0.717) is 0 Å². The van der Waals surface area contributed by atoms with E-state index in [9.17, 15) is 5.11 Å². The van der Waals surface area contributed by atoms with Crippen LogP contribution in [0.2, 0.25) is 0 Å². The number of thioether (sulfide) groups is 1. The Morgan fingerprint density at radius 3 is 2.80 bits per heavy atom. The molecular formula is C11H15BrOS2. The first-order valence-corrected chi connectivity index (χ1v) is 8.09. The van der Waals surface area contributed by atoms with Gasteiger partial charge in [-0.25, -0.2) is 0 Å². The molecule has 0 saturated carbocycles. The van der Waals surface area contributed by atoms with Gasteiger partial charge in [-0.3, -0.25) is 0 Å². The molecule has 0 radical (unpaired) electrons. The largest absolute Gasteiger partial charge is 0.388 e. The second kappa shape index (κ2) is 5.71. The number of hydrogen-bond donors (Lipinski definition) is 1. The zero-order chi connectivity index (χ0) is 10.7. The lowest BCUT2D eigenvalue weighted by atomic mass is 9.95. The Kier molecular flexibility index (Phi) is 4.55. The summed E-state index contributed by atoms with van der Waals surface area (Å²) in [4.78, 5) is 1.09. The van der Waals surface area contributed by atoms with Crippen molar-refractivity contribution in [1.82, 2.24) is 0 Å². The summed E-state index contributed by atoms with van der Waals surface area (Å²) < 4.78 is 1.06. The highest BCUT2D eigenvalue weighted by molar-refractivity contribution is 9.10. The van der Waals surface area contributed by atoms with Gasteiger partial charge in [0.25, 0.3) is 0 Å². The Hall–Kier alpha value is 0.490. The zero-order valence-electron chi connectivity index (χ0n) is 8.49. The van der Waals surface area contributed by atoms with Crippen molar-refractivity contribution in [3.8, 4) is 0 Å². The molecule has 0 aliphatic carbocycles. The van der Waals surface area contributed by atoms with Crippen LogP contribution in [0.1, 0.15) is 30.2 Å². The molecule has 84 valence electrons. The maximum Gasteiger partial charge on any atom is 0.0896 e. The molecule has 1 N–H and O–H groups in total. The molecular weight excluding hydrogens is 292 g/mol. The third kappa shape index (κ3) is 3.22. The Morgan fingerprint density at radius 2 is 2.20 bits per heavy atom. The van der Waals surface area contributed by atoms with Crippen molar-refractivity contribution >= 4 is 39.0 Å². The third-order valence-corrected chi connectivity index (χ3v) is 5.87. The van der Waals surface area contributed by atoms with E-state index in [0.717, 1.165) is 21.7 Å². The van der Waals surface area contributed by atoms with Crippen LogP contribution in [-0.4, -0.2) is 16.6 Å². The van der Waals surface area contributed by atoms with Gasteiger partial charge >= 0.3 is 0 Å². The van der Waals surface area contributed by atoms with Gasteiger partial charge in [0.15, 0.2) is 0 Å². The fourth-order valence-electron chi connectivity index (χ4n) is 1.95. The molecule has 0 bridgehead atoms. The number of aliphatic hydroxyl groups is 1. The van der Waals surface area contributed by atoms with Gasteiger partial charge in [0.2, 0.25) is 0 Å². The standard InChI is InChI=1S/C11H15BrOS2/c12-9-3-6-15-11(9)10(13)7-8-1-4-14-5-2-8/h3,6,8,10,13H,1-2,4-5,7H2. The van der Waals surface area contributed by atoms with E-state index in [4.69, 9.17) is 0 Å². The van der Waals surface area contributed by atoms with Crippen molar-refractivity contribution in [1.29, 1.82) is 0 Å². The third-order valence-electron chi connectivity index (χ3n) is 2.84. The fourth-order valence-corrected chi connectivity index (χ4v) is 4.79. The molecule has 1 aromatic heterocycles. The number of halogens is 1. The van der Waals surface area contributed by atoms with Crippen molar-refractivity contribution < 1.29 is 5.11 Å². The minimum absolute atomic E-state index is 0.271. The minimum atomic E-state index is -0.271. The molecule has 1 fully saturated rings. The summed E-state index contributed by atoms with van der Waals surface area (Å²) in [5.74, 6) is 3.25. The van der Waals surface area contributed by atoms with Crippen LogP contribution in [-0.2, 0) is 0 Å². The molecule has 1 saturated heterocycles. The van der Waals surface area contributed by atoms with Gasteiger partial charge in [0.05, 0.1) is 6.10 Å². The Bertz CT molecular complexity index is 307. The summed E-state index contributed by atoms with van der Waals surface area (Å²) in [6, 6.07) is 2.01. The van der Waals surface area contributed by atoms with Crippen LogP contribution in [0.25, 0.3) is 0 Å². The average Bonchev–Trinajstić information content (AvgIpc) is 2.66. The molecule has 2 heterocycles. The van der Waals surface area contributed by atoms with Gasteiger partial charge in [-0.05, 0) is 64.1 Å². The lowest BCUT2D eigenvalue weighted by Gasteiger charge is -2.23. The number of thiophene rings is 1.